The number of carboxylic acids is 1. The van der Waals surface area contributed by atoms with E-state index in [-0.39, 0.29) is 41.3 Å². The van der Waals surface area contributed by atoms with Crippen LogP contribution >= 0.6 is 11.6 Å². The Morgan fingerprint density at radius 2 is 1.69 bits per heavy atom. The number of carboxylic acid groups (broad SMARTS) is 1. The number of nitrogens with two attached hydrogens (primary N) is 1. The number of nitrogens with one attached hydrogen (secondary N) is 1. The fourth-order valence-corrected chi connectivity index (χ4v) is 4.53. The van der Waals surface area contributed by atoms with Crippen molar-refractivity contribution >= 4 is 23.5 Å². The lowest BCUT2D eigenvalue weighted by molar-refractivity contribution is -0.139. The maximum atomic E-state index is 13.0. The van der Waals surface area contributed by atoms with Crippen molar-refractivity contribution in [1.82, 2.24) is 14.5 Å². The fourth-order valence-electron chi connectivity index (χ4n) is 4.25. The molecule has 0 spiro atoms. The fraction of sp³-hybridized carbons (Fsp3) is 0.308. The maximum absolute atomic E-state index is 13.0. The summed E-state index contributed by atoms with van der Waals surface area (Å²) in [6.45, 7) is 6.06. The molecule has 9 nitrogen and oxygen atoms in total. The molecular formula is C26H29ClN4O5. The van der Waals surface area contributed by atoms with Crippen molar-refractivity contribution in [3.8, 4) is 11.1 Å². The van der Waals surface area contributed by atoms with Crippen LogP contribution in [-0.2, 0) is 30.8 Å². The molecular weight excluding hydrogens is 484 g/mol. The molecule has 10 heteroatoms. The number of hydrogen-bond acceptors (Lipinski definition) is 5. The molecule has 4 N–H and O–H groups in total. The molecule has 1 aromatic heterocycles. The summed E-state index contributed by atoms with van der Waals surface area (Å²) in [6.07, 6.45) is 0.0103. The minimum Gasteiger partial charge on any atom is -0.480 e. The molecule has 36 heavy (non-hydrogen) atoms. The van der Waals surface area contributed by atoms with Gasteiger partial charge in [0.15, 0.2) is 0 Å². The Morgan fingerprint density at radius 1 is 1.06 bits per heavy atom. The lowest BCUT2D eigenvalue weighted by Crippen LogP contribution is -2.42. The van der Waals surface area contributed by atoms with Gasteiger partial charge in [-0.25, -0.2) is 9.59 Å². The second-order valence-electron chi connectivity index (χ2n) is 8.28. The first kappa shape index (κ1) is 26.9. The number of amides is 1. The van der Waals surface area contributed by atoms with Crippen LogP contribution in [0.3, 0.4) is 0 Å². The van der Waals surface area contributed by atoms with E-state index < -0.39 is 17.9 Å². The van der Waals surface area contributed by atoms with E-state index in [2.05, 4.69) is 5.32 Å². The van der Waals surface area contributed by atoms with Crippen molar-refractivity contribution in [3.05, 3.63) is 90.7 Å². The number of benzene rings is 2. The molecule has 1 amide bonds. The van der Waals surface area contributed by atoms with Crippen LogP contribution in [0.15, 0.2) is 52.1 Å². The lowest BCUT2D eigenvalue weighted by Gasteiger charge is -2.18. The molecule has 0 fully saturated rings. The first-order valence-electron chi connectivity index (χ1n) is 11.6. The van der Waals surface area contributed by atoms with E-state index in [1.807, 2.05) is 6.92 Å². The average Bonchev–Trinajstić information content (AvgIpc) is 2.84. The van der Waals surface area contributed by atoms with Gasteiger partial charge in [-0.1, -0.05) is 48.0 Å². The van der Waals surface area contributed by atoms with Gasteiger partial charge < -0.3 is 16.2 Å². The number of rotatable bonds is 9. The normalized spacial score (nSPS) is 11.8. The minimum atomic E-state index is -1.22. The summed E-state index contributed by atoms with van der Waals surface area (Å²) in [6, 6.07) is 10.5. The third-order valence-electron chi connectivity index (χ3n) is 6.15. The predicted molar refractivity (Wildman–Crippen MR) is 138 cm³/mol. The second-order valence-corrected chi connectivity index (χ2v) is 8.69. The molecule has 2 aromatic carbocycles. The highest BCUT2D eigenvalue weighted by Gasteiger charge is 2.24. The van der Waals surface area contributed by atoms with Crippen molar-refractivity contribution in [2.24, 2.45) is 5.73 Å². The van der Waals surface area contributed by atoms with Crippen LogP contribution in [0.1, 0.15) is 41.0 Å². The van der Waals surface area contributed by atoms with Gasteiger partial charge in [-0.2, -0.15) is 0 Å². The molecule has 190 valence electrons. The van der Waals surface area contributed by atoms with Gasteiger partial charge in [0, 0.05) is 31.7 Å². The average molecular weight is 513 g/mol. The van der Waals surface area contributed by atoms with Gasteiger partial charge in [-0.3, -0.25) is 18.7 Å². The Kier molecular flexibility index (Phi) is 8.49. The Morgan fingerprint density at radius 3 is 2.25 bits per heavy atom. The van der Waals surface area contributed by atoms with E-state index in [1.54, 1.807) is 60.9 Å². The van der Waals surface area contributed by atoms with E-state index >= 15 is 0 Å². The van der Waals surface area contributed by atoms with Crippen molar-refractivity contribution < 1.29 is 14.7 Å². The van der Waals surface area contributed by atoms with Crippen LogP contribution in [-0.4, -0.2) is 32.2 Å². The zero-order chi connectivity index (χ0) is 26.6. The summed E-state index contributed by atoms with van der Waals surface area (Å²) >= 11 is 6.17. The van der Waals surface area contributed by atoms with Gasteiger partial charge in [-0.15, -0.1) is 0 Å². The Balaban J connectivity index is 1.90. The molecule has 3 aromatic rings. The molecule has 1 heterocycles. The number of carbonyl (C=O) groups is 2. The zero-order valence-electron chi connectivity index (χ0n) is 20.4. The van der Waals surface area contributed by atoms with Gasteiger partial charge >= 0.3 is 11.7 Å². The van der Waals surface area contributed by atoms with Crippen LogP contribution in [0, 0.1) is 6.92 Å². The molecule has 0 radical (unpaired) electrons. The first-order valence-corrected chi connectivity index (χ1v) is 12.0. The van der Waals surface area contributed by atoms with E-state index in [9.17, 15) is 24.3 Å². The third-order valence-corrected chi connectivity index (χ3v) is 6.47. The molecule has 0 bridgehead atoms. The largest absolute Gasteiger partial charge is 0.480 e. The maximum Gasteiger partial charge on any atom is 0.331 e. The highest BCUT2D eigenvalue weighted by molar-refractivity contribution is 6.34. The molecule has 0 unspecified atom stereocenters. The third kappa shape index (κ3) is 5.27. The Labute approximate surface area is 213 Å². The second kappa shape index (κ2) is 11.4. The molecule has 1 atom stereocenters. The van der Waals surface area contributed by atoms with Gasteiger partial charge in [0.25, 0.3) is 11.5 Å². The zero-order valence-corrected chi connectivity index (χ0v) is 21.1. The number of nitrogens with zero attached hydrogens (tertiary/aromatic N) is 2. The molecule has 0 aliphatic heterocycles. The molecule has 0 saturated carbocycles. The van der Waals surface area contributed by atoms with Crippen molar-refractivity contribution in [2.75, 3.05) is 0 Å². The summed E-state index contributed by atoms with van der Waals surface area (Å²) in [5.74, 6) is -1.83. The van der Waals surface area contributed by atoms with Gasteiger partial charge in [0.1, 0.15) is 6.04 Å². The van der Waals surface area contributed by atoms with Gasteiger partial charge in [0.05, 0.1) is 16.1 Å². The summed E-state index contributed by atoms with van der Waals surface area (Å²) in [5, 5.41) is 12.4. The summed E-state index contributed by atoms with van der Waals surface area (Å²) in [5.41, 5.74) is 7.88. The smallest absolute Gasteiger partial charge is 0.331 e. The minimum absolute atomic E-state index is 0.0103. The summed E-state index contributed by atoms with van der Waals surface area (Å²) in [4.78, 5) is 50.3. The van der Waals surface area contributed by atoms with Crippen LogP contribution in [0.5, 0.6) is 0 Å². The van der Waals surface area contributed by atoms with Gasteiger partial charge in [-0.05, 0) is 43.5 Å². The quantitative estimate of drug-likeness (QED) is 0.403. The monoisotopic (exact) mass is 512 g/mol. The Hall–Kier alpha value is -3.69. The highest BCUT2D eigenvalue weighted by Crippen LogP contribution is 2.22. The summed E-state index contributed by atoms with van der Waals surface area (Å²) in [7, 11) is 0. The number of aromatic nitrogens is 2. The molecule has 0 aliphatic carbocycles. The van der Waals surface area contributed by atoms with Crippen LogP contribution in [0.2, 0.25) is 5.02 Å². The van der Waals surface area contributed by atoms with Crippen LogP contribution in [0.25, 0.3) is 11.1 Å². The van der Waals surface area contributed by atoms with Crippen molar-refractivity contribution in [1.29, 1.82) is 0 Å². The number of aliphatic carboxylic acids is 1. The lowest BCUT2D eigenvalue weighted by atomic mass is 9.99. The summed E-state index contributed by atoms with van der Waals surface area (Å²) < 4.78 is 2.74. The van der Waals surface area contributed by atoms with Gasteiger partial charge in [0.2, 0.25) is 0 Å². The van der Waals surface area contributed by atoms with Crippen molar-refractivity contribution in [3.63, 3.8) is 0 Å². The van der Waals surface area contributed by atoms with E-state index in [0.29, 0.717) is 34.5 Å². The number of halogens is 1. The standard InChI is InChI=1S/C26H29ClN4O5/c1-4-30-15(3)21(24(33)31(5-2)26(30)36)17-11-9-16(10-12-17)13-20(25(34)35)29-23(32)22-18(14-28)7-6-8-19(22)27/h6-12,20H,4-5,13-14,28H2,1-3H3,(H,29,32)(H,34,35)/t20-/m0/s1. The highest BCUT2D eigenvalue weighted by atomic mass is 35.5. The molecule has 0 saturated heterocycles. The van der Waals surface area contributed by atoms with E-state index in [1.165, 1.54) is 4.57 Å². The van der Waals surface area contributed by atoms with E-state index in [4.69, 9.17) is 17.3 Å². The van der Waals surface area contributed by atoms with Crippen molar-refractivity contribution in [2.45, 2.75) is 52.9 Å². The molecule has 3 rings (SSSR count). The number of hydrogen-bond donors (Lipinski definition) is 3. The van der Waals surface area contributed by atoms with E-state index in [0.717, 1.165) is 0 Å². The van der Waals surface area contributed by atoms with Crippen LogP contribution in [0.4, 0.5) is 0 Å². The Bertz CT molecular complexity index is 1410. The SMILES string of the molecule is CCn1c(C)c(-c2ccc(C[C@H](NC(=O)c3c(Cl)cccc3CN)C(=O)O)cc2)c(=O)n(CC)c1=O. The predicted octanol–water partition coefficient (Wildman–Crippen LogP) is 2.56. The topological polar surface area (TPSA) is 136 Å². The molecule has 0 aliphatic rings. The van der Waals surface area contributed by atoms with Crippen LogP contribution < -0.4 is 22.3 Å². The number of carbonyl (C=O) groups excluding carboxylic acids is 1. The first-order chi connectivity index (χ1) is 17.1.